The predicted molar refractivity (Wildman–Crippen MR) is 79.5 cm³/mol. The van der Waals surface area contributed by atoms with Crippen molar-refractivity contribution in [3.63, 3.8) is 0 Å². The van der Waals surface area contributed by atoms with Gasteiger partial charge in [0.15, 0.2) is 5.75 Å². The number of amides is 1. The number of benzene rings is 1. The molecule has 21 heavy (non-hydrogen) atoms. The standard InChI is InChI=1S/C13H16Cl2F2N2O2/c1-13(2,3)18-6-10(20)19-7-4-8(14)11(9(15)5-7)21-12(16)17/h4-5,12,18H,6H2,1-3H3,(H,19,20). The summed E-state index contributed by atoms with van der Waals surface area (Å²) in [4.78, 5) is 11.7. The van der Waals surface area contributed by atoms with Gasteiger partial charge in [0, 0.05) is 11.2 Å². The number of hydrogen-bond acceptors (Lipinski definition) is 3. The topological polar surface area (TPSA) is 50.4 Å². The van der Waals surface area contributed by atoms with E-state index in [9.17, 15) is 13.6 Å². The summed E-state index contributed by atoms with van der Waals surface area (Å²) in [5, 5.41) is 5.35. The molecule has 0 radical (unpaired) electrons. The predicted octanol–water partition coefficient (Wildman–Crippen LogP) is 3.92. The third-order valence-corrected chi connectivity index (χ3v) is 2.83. The molecule has 0 saturated heterocycles. The third-order valence-electron chi connectivity index (χ3n) is 2.27. The van der Waals surface area contributed by atoms with Crippen LogP contribution in [-0.4, -0.2) is 24.6 Å². The highest BCUT2D eigenvalue weighted by molar-refractivity contribution is 6.37. The lowest BCUT2D eigenvalue weighted by molar-refractivity contribution is -0.115. The Balaban J connectivity index is 2.75. The van der Waals surface area contributed by atoms with Gasteiger partial charge < -0.3 is 15.4 Å². The van der Waals surface area contributed by atoms with Crippen LogP contribution in [0.2, 0.25) is 10.0 Å². The number of rotatable bonds is 5. The molecular weight excluding hydrogens is 325 g/mol. The van der Waals surface area contributed by atoms with Crippen LogP contribution in [0.1, 0.15) is 20.8 Å². The number of carbonyl (C=O) groups is 1. The highest BCUT2D eigenvalue weighted by Gasteiger charge is 2.16. The zero-order chi connectivity index (χ0) is 16.2. The molecule has 0 bridgehead atoms. The molecule has 0 spiro atoms. The fourth-order valence-electron chi connectivity index (χ4n) is 1.38. The van der Waals surface area contributed by atoms with Crippen molar-refractivity contribution in [3.05, 3.63) is 22.2 Å². The first kappa shape index (κ1) is 17.9. The van der Waals surface area contributed by atoms with Crippen molar-refractivity contribution in [3.8, 4) is 5.75 Å². The van der Waals surface area contributed by atoms with Crippen LogP contribution >= 0.6 is 23.2 Å². The van der Waals surface area contributed by atoms with Crippen LogP contribution in [0.25, 0.3) is 0 Å². The van der Waals surface area contributed by atoms with Crippen molar-refractivity contribution in [1.82, 2.24) is 5.32 Å². The molecule has 8 heteroatoms. The van der Waals surface area contributed by atoms with Gasteiger partial charge in [0.1, 0.15) is 0 Å². The van der Waals surface area contributed by atoms with E-state index in [4.69, 9.17) is 23.2 Å². The van der Waals surface area contributed by atoms with Crippen LogP contribution in [0, 0.1) is 0 Å². The molecule has 0 atom stereocenters. The maximum absolute atomic E-state index is 12.2. The van der Waals surface area contributed by atoms with E-state index in [0.29, 0.717) is 5.69 Å². The summed E-state index contributed by atoms with van der Waals surface area (Å²) in [7, 11) is 0. The fourth-order valence-corrected chi connectivity index (χ4v) is 1.96. The van der Waals surface area contributed by atoms with Crippen LogP contribution in [-0.2, 0) is 4.79 Å². The molecule has 2 N–H and O–H groups in total. The molecule has 1 amide bonds. The molecule has 0 unspecified atom stereocenters. The fraction of sp³-hybridized carbons (Fsp3) is 0.462. The zero-order valence-corrected chi connectivity index (χ0v) is 13.3. The van der Waals surface area contributed by atoms with Crippen molar-refractivity contribution < 1.29 is 18.3 Å². The highest BCUT2D eigenvalue weighted by atomic mass is 35.5. The smallest absolute Gasteiger partial charge is 0.387 e. The Morgan fingerprint density at radius 2 is 1.81 bits per heavy atom. The van der Waals surface area contributed by atoms with E-state index < -0.39 is 6.61 Å². The SMILES string of the molecule is CC(C)(C)NCC(=O)Nc1cc(Cl)c(OC(F)F)c(Cl)c1. The minimum absolute atomic E-state index is 0.0913. The molecule has 4 nitrogen and oxygen atoms in total. The molecule has 1 rings (SSSR count). The number of anilines is 1. The number of ether oxygens (including phenoxy) is 1. The third kappa shape index (κ3) is 6.46. The molecule has 0 aromatic heterocycles. The minimum atomic E-state index is -3.03. The van der Waals surface area contributed by atoms with Crippen LogP contribution in [0.15, 0.2) is 12.1 Å². The van der Waals surface area contributed by atoms with Gasteiger partial charge in [0.2, 0.25) is 5.91 Å². The molecule has 0 saturated carbocycles. The van der Waals surface area contributed by atoms with Crippen molar-refractivity contribution in [2.24, 2.45) is 0 Å². The van der Waals surface area contributed by atoms with Crippen molar-refractivity contribution in [1.29, 1.82) is 0 Å². The normalized spacial score (nSPS) is 11.6. The van der Waals surface area contributed by atoms with E-state index in [1.54, 1.807) is 0 Å². The largest absolute Gasteiger partial charge is 0.432 e. The lowest BCUT2D eigenvalue weighted by Crippen LogP contribution is -2.41. The number of nitrogens with one attached hydrogen (secondary N) is 2. The Bertz CT molecular complexity index is 496. The van der Waals surface area contributed by atoms with Gasteiger partial charge in [-0.25, -0.2) is 0 Å². The summed E-state index contributed by atoms with van der Waals surface area (Å²) in [5.74, 6) is -0.626. The van der Waals surface area contributed by atoms with Gasteiger partial charge in [-0.1, -0.05) is 23.2 Å². The van der Waals surface area contributed by atoms with Crippen LogP contribution in [0.4, 0.5) is 14.5 Å². The molecule has 1 aromatic carbocycles. The maximum Gasteiger partial charge on any atom is 0.387 e. The van der Waals surface area contributed by atoms with Gasteiger partial charge in [-0.15, -0.1) is 0 Å². The molecule has 118 valence electrons. The maximum atomic E-state index is 12.2. The molecule has 1 aromatic rings. The number of carbonyl (C=O) groups excluding carboxylic acids is 1. The summed E-state index contributed by atoms with van der Waals surface area (Å²) in [6.45, 7) is 2.82. The van der Waals surface area contributed by atoms with Gasteiger partial charge in [-0.05, 0) is 32.9 Å². The lowest BCUT2D eigenvalue weighted by Gasteiger charge is -2.20. The van der Waals surface area contributed by atoms with E-state index in [2.05, 4.69) is 15.4 Å². The first-order valence-electron chi connectivity index (χ1n) is 6.07. The Morgan fingerprint density at radius 3 is 2.24 bits per heavy atom. The lowest BCUT2D eigenvalue weighted by atomic mass is 10.1. The van der Waals surface area contributed by atoms with E-state index in [1.807, 2.05) is 20.8 Å². The van der Waals surface area contributed by atoms with Gasteiger partial charge in [0.25, 0.3) is 0 Å². The van der Waals surface area contributed by atoms with Crippen molar-refractivity contribution in [2.75, 3.05) is 11.9 Å². The highest BCUT2D eigenvalue weighted by Crippen LogP contribution is 2.36. The summed E-state index contributed by atoms with van der Waals surface area (Å²) in [6, 6.07) is 2.58. The average Bonchev–Trinajstić information content (AvgIpc) is 2.30. The first-order valence-corrected chi connectivity index (χ1v) is 6.83. The average molecular weight is 341 g/mol. The van der Waals surface area contributed by atoms with Crippen molar-refractivity contribution >= 4 is 34.8 Å². The second-order valence-corrected chi connectivity index (χ2v) is 6.11. The van der Waals surface area contributed by atoms with Gasteiger partial charge in [-0.2, -0.15) is 8.78 Å². The first-order chi connectivity index (χ1) is 9.58. The van der Waals surface area contributed by atoms with Gasteiger partial charge in [0.05, 0.1) is 16.6 Å². The summed E-state index contributed by atoms with van der Waals surface area (Å²) in [6.07, 6.45) is 0. The molecule has 0 aliphatic heterocycles. The Labute approximate surface area is 131 Å². The molecule has 0 heterocycles. The minimum Gasteiger partial charge on any atom is -0.432 e. The molecule has 0 fully saturated rings. The Morgan fingerprint density at radius 1 is 1.29 bits per heavy atom. The number of halogens is 4. The van der Waals surface area contributed by atoms with E-state index in [1.165, 1.54) is 12.1 Å². The van der Waals surface area contributed by atoms with Crippen LogP contribution in [0.3, 0.4) is 0 Å². The summed E-state index contributed by atoms with van der Waals surface area (Å²) >= 11 is 11.6. The second kappa shape index (κ2) is 7.24. The van der Waals surface area contributed by atoms with Crippen molar-refractivity contribution in [2.45, 2.75) is 32.9 Å². The van der Waals surface area contributed by atoms with Crippen LogP contribution in [0.5, 0.6) is 5.75 Å². The van der Waals surface area contributed by atoms with E-state index in [0.717, 1.165) is 0 Å². The number of alkyl halides is 2. The van der Waals surface area contributed by atoms with E-state index in [-0.39, 0.29) is 33.8 Å². The monoisotopic (exact) mass is 340 g/mol. The van der Waals surface area contributed by atoms with Crippen LogP contribution < -0.4 is 15.4 Å². The quantitative estimate of drug-likeness (QED) is 0.853. The zero-order valence-electron chi connectivity index (χ0n) is 11.8. The summed E-state index contributed by atoms with van der Waals surface area (Å²) < 4.78 is 28.6. The second-order valence-electron chi connectivity index (χ2n) is 5.30. The van der Waals surface area contributed by atoms with Gasteiger partial charge >= 0.3 is 6.61 Å². The van der Waals surface area contributed by atoms with E-state index >= 15 is 0 Å². The Kier molecular flexibility index (Phi) is 6.19. The Hall–Kier alpha value is -1.11. The molecule has 0 aliphatic rings. The van der Waals surface area contributed by atoms with Gasteiger partial charge in [-0.3, -0.25) is 4.79 Å². The number of hydrogen-bond donors (Lipinski definition) is 2. The molecular formula is C13H16Cl2F2N2O2. The molecule has 0 aliphatic carbocycles. The summed E-state index contributed by atoms with van der Waals surface area (Å²) in [5.41, 5.74) is 0.0917.